The molecule has 0 radical (unpaired) electrons. The number of furan rings is 1. The van der Waals surface area contributed by atoms with Crippen molar-refractivity contribution in [2.24, 2.45) is 5.10 Å². The van der Waals surface area contributed by atoms with Gasteiger partial charge >= 0.3 is 5.97 Å². The quantitative estimate of drug-likeness (QED) is 0.418. The average Bonchev–Trinajstić information content (AvgIpc) is 3.20. The van der Waals surface area contributed by atoms with Gasteiger partial charge in [0.05, 0.1) is 37.6 Å². The minimum Gasteiger partial charge on any atom is -0.493 e. The van der Waals surface area contributed by atoms with Crippen LogP contribution in [0, 0.1) is 0 Å². The normalized spacial score (nSPS) is 10.9. The lowest BCUT2D eigenvalue weighted by Crippen LogP contribution is -2.05. The molecule has 0 aliphatic rings. The van der Waals surface area contributed by atoms with Gasteiger partial charge in [0.2, 0.25) is 0 Å². The topological polar surface area (TPSA) is 93.3 Å². The fraction of sp³-hybridized carbons (Fsp3) is 0.143. The van der Waals surface area contributed by atoms with Crippen molar-refractivity contribution >= 4 is 23.8 Å². The van der Waals surface area contributed by atoms with Gasteiger partial charge in [-0.25, -0.2) is 4.79 Å². The first-order valence-electron chi connectivity index (χ1n) is 8.61. The molecule has 2 aromatic carbocycles. The Hall–Kier alpha value is -3.45. The van der Waals surface area contributed by atoms with E-state index in [0.29, 0.717) is 35.1 Å². The van der Waals surface area contributed by atoms with Crippen molar-refractivity contribution in [2.75, 3.05) is 14.2 Å². The molecule has 0 saturated carbocycles. The molecule has 0 saturated heterocycles. The number of ether oxygens (including phenoxy) is 2. The molecule has 1 heterocycles. The summed E-state index contributed by atoms with van der Waals surface area (Å²) in [4.78, 5) is 11.2. The molecule has 0 amide bonds. The van der Waals surface area contributed by atoms with Crippen LogP contribution in [0.3, 0.4) is 0 Å². The first-order valence-corrected chi connectivity index (χ1v) is 8.99. The highest BCUT2D eigenvalue weighted by Gasteiger charge is 2.12. The lowest BCUT2D eigenvalue weighted by Gasteiger charge is -2.09. The third kappa shape index (κ3) is 4.89. The standard InChI is InChI=1S/C21H19ClN2O5/c1-27-19-7-3-13(9-20(19)28-2)11-23-24-12-15-5-8-18(29-15)14-4-6-17(22)16(10-14)21(25)26/h3-10,12,23H,11H2,1-2H3,(H,25,26)/b24-12-. The maximum Gasteiger partial charge on any atom is 0.337 e. The number of rotatable bonds is 8. The van der Waals surface area contributed by atoms with E-state index in [1.807, 2.05) is 18.2 Å². The maximum absolute atomic E-state index is 11.2. The van der Waals surface area contributed by atoms with Gasteiger partial charge in [0.15, 0.2) is 11.5 Å². The molecule has 0 aliphatic carbocycles. The van der Waals surface area contributed by atoms with Gasteiger partial charge in [-0.3, -0.25) is 0 Å². The molecule has 8 heteroatoms. The van der Waals surface area contributed by atoms with Crippen LogP contribution in [-0.4, -0.2) is 31.5 Å². The van der Waals surface area contributed by atoms with Gasteiger partial charge < -0.3 is 24.4 Å². The summed E-state index contributed by atoms with van der Waals surface area (Å²) in [6.45, 7) is 0.490. The number of methoxy groups -OCH3 is 2. The monoisotopic (exact) mass is 414 g/mol. The van der Waals surface area contributed by atoms with Gasteiger partial charge in [-0.2, -0.15) is 5.10 Å². The number of hydrogen-bond acceptors (Lipinski definition) is 6. The first-order chi connectivity index (χ1) is 14.0. The number of benzene rings is 2. The molecule has 0 fully saturated rings. The molecule has 7 nitrogen and oxygen atoms in total. The summed E-state index contributed by atoms with van der Waals surface area (Å²) < 4.78 is 16.2. The smallest absolute Gasteiger partial charge is 0.337 e. The number of carboxylic acid groups (broad SMARTS) is 1. The van der Waals surface area contributed by atoms with E-state index in [2.05, 4.69) is 10.5 Å². The average molecular weight is 415 g/mol. The van der Waals surface area contributed by atoms with E-state index in [-0.39, 0.29) is 10.6 Å². The van der Waals surface area contributed by atoms with Crippen LogP contribution >= 0.6 is 11.6 Å². The Balaban J connectivity index is 1.64. The zero-order valence-electron chi connectivity index (χ0n) is 15.8. The fourth-order valence-corrected chi connectivity index (χ4v) is 2.85. The van der Waals surface area contributed by atoms with Crippen LogP contribution in [0.15, 0.2) is 58.0 Å². The van der Waals surface area contributed by atoms with Crippen molar-refractivity contribution in [1.29, 1.82) is 0 Å². The van der Waals surface area contributed by atoms with Gasteiger partial charge in [-0.05, 0) is 48.0 Å². The number of nitrogens with one attached hydrogen (secondary N) is 1. The molecule has 0 spiro atoms. The maximum atomic E-state index is 11.2. The molecular formula is C21H19ClN2O5. The van der Waals surface area contributed by atoms with Crippen LogP contribution in [0.4, 0.5) is 0 Å². The Bertz CT molecular complexity index is 1050. The SMILES string of the molecule is COc1ccc(CN/N=C\c2ccc(-c3ccc(Cl)c(C(=O)O)c3)o2)cc1OC. The van der Waals surface area contributed by atoms with Gasteiger partial charge in [-0.1, -0.05) is 17.7 Å². The van der Waals surface area contributed by atoms with Crippen molar-refractivity contribution in [3.63, 3.8) is 0 Å². The van der Waals surface area contributed by atoms with Crippen LogP contribution in [-0.2, 0) is 6.54 Å². The second kappa shape index (κ2) is 9.16. The molecule has 1 aromatic heterocycles. The Kier molecular flexibility index (Phi) is 6.41. The van der Waals surface area contributed by atoms with Gasteiger partial charge in [0, 0.05) is 5.56 Å². The molecule has 2 N–H and O–H groups in total. The summed E-state index contributed by atoms with van der Waals surface area (Å²) >= 11 is 5.90. The highest BCUT2D eigenvalue weighted by atomic mass is 35.5. The summed E-state index contributed by atoms with van der Waals surface area (Å²) in [6, 6.07) is 13.8. The molecule has 29 heavy (non-hydrogen) atoms. The van der Waals surface area contributed by atoms with E-state index < -0.39 is 5.97 Å². The summed E-state index contributed by atoms with van der Waals surface area (Å²) in [7, 11) is 3.17. The first kappa shape index (κ1) is 20.3. The van der Waals surface area contributed by atoms with Crippen molar-refractivity contribution in [2.45, 2.75) is 6.54 Å². The third-order valence-corrected chi connectivity index (χ3v) is 4.45. The largest absolute Gasteiger partial charge is 0.493 e. The van der Waals surface area contributed by atoms with Gasteiger partial charge in [-0.15, -0.1) is 0 Å². The van der Waals surface area contributed by atoms with Crippen molar-refractivity contribution in [3.8, 4) is 22.8 Å². The molecular weight excluding hydrogens is 396 g/mol. The third-order valence-electron chi connectivity index (χ3n) is 4.12. The van der Waals surface area contributed by atoms with Crippen LogP contribution < -0.4 is 14.9 Å². The second-order valence-corrected chi connectivity index (χ2v) is 6.39. The predicted octanol–water partition coefficient (Wildman–Crippen LogP) is 4.44. The molecule has 0 unspecified atom stereocenters. The summed E-state index contributed by atoms with van der Waals surface area (Å²) in [5, 5.41) is 13.5. The minimum atomic E-state index is -1.09. The Labute approximate surface area is 172 Å². The van der Waals surface area contributed by atoms with Crippen LogP contribution in [0.1, 0.15) is 21.7 Å². The lowest BCUT2D eigenvalue weighted by atomic mass is 10.1. The van der Waals surface area contributed by atoms with Gasteiger partial charge in [0.25, 0.3) is 0 Å². The summed E-state index contributed by atoms with van der Waals surface area (Å²) in [6.07, 6.45) is 1.54. The number of nitrogens with zero attached hydrogens (tertiary/aromatic N) is 1. The Morgan fingerprint density at radius 3 is 2.66 bits per heavy atom. The zero-order valence-corrected chi connectivity index (χ0v) is 16.6. The van der Waals surface area contributed by atoms with E-state index in [9.17, 15) is 9.90 Å². The predicted molar refractivity (Wildman–Crippen MR) is 110 cm³/mol. The van der Waals surface area contributed by atoms with E-state index in [1.54, 1.807) is 32.4 Å². The number of carboxylic acids is 1. The van der Waals surface area contributed by atoms with Gasteiger partial charge in [0.1, 0.15) is 11.5 Å². The van der Waals surface area contributed by atoms with Crippen molar-refractivity contribution in [3.05, 3.63) is 70.4 Å². The molecule has 0 atom stereocenters. The Morgan fingerprint density at radius 2 is 1.93 bits per heavy atom. The number of hydrogen-bond donors (Lipinski definition) is 2. The van der Waals surface area contributed by atoms with E-state index in [1.165, 1.54) is 18.3 Å². The number of halogens is 1. The number of hydrazone groups is 1. The van der Waals surface area contributed by atoms with E-state index in [0.717, 1.165) is 5.56 Å². The number of aromatic carboxylic acids is 1. The van der Waals surface area contributed by atoms with Crippen LogP contribution in [0.2, 0.25) is 5.02 Å². The highest BCUT2D eigenvalue weighted by Crippen LogP contribution is 2.28. The summed E-state index contributed by atoms with van der Waals surface area (Å²) in [5.41, 5.74) is 4.55. The molecule has 0 aliphatic heterocycles. The fourth-order valence-electron chi connectivity index (χ4n) is 2.66. The molecule has 3 rings (SSSR count). The van der Waals surface area contributed by atoms with Crippen molar-refractivity contribution < 1.29 is 23.8 Å². The van der Waals surface area contributed by atoms with Crippen LogP contribution in [0.5, 0.6) is 11.5 Å². The van der Waals surface area contributed by atoms with E-state index >= 15 is 0 Å². The highest BCUT2D eigenvalue weighted by molar-refractivity contribution is 6.33. The van der Waals surface area contributed by atoms with Crippen molar-refractivity contribution in [1.82, 2.24) is 5.43 Å². The number of carbonyl (C=O) groups is 1. The minimum absolute atomic E-state index is 0.0207. The second-order valence-electron chi connectivity index (χ2n) is 5.98. The molecule has 3 aromatic rings. The Morgan fingerprint density at radius 1 is 1.14 bits per heavy atom. The molecule has 0 bridgehead atoms. The lowest BCUT2D eigenvalue weighted by molar-refractivity contribution is 0.0697. The van der Waals surface area contributed by atoms with E-state index in [4.69, 9.17) is 25.5 Å². The summed E-state index contributed by atoms with van der Waals surface area (Å²) in [5.74, 6) is 1.26. The zero-order chi connectivity index (χ0) is 20.8. The van der Waals surface area contributed by atoms with Crippen LogP contribution in [0.25, 0.3) is 11.3 Å². The molecule has 150 valence electrons.